The Morgan fingerprint density at radius 2 is 1.87 bits per heavy atom. The third-order valence-electron chi connectivity index (χ3n) is 5.37. The summed E-state index contributed by atoms with van der Waals surface area (Å²) >= 11 is 6.04. The largest absolute Gasteiger partial charge is 0.488 e. The van der Waals surface area contributed by atoms with Gasteiger partial charge in [-0.25, -0.2) is 0 Å². The van der Waals surface area contributed by atoms with Gasteiger partial charge in [0.25, 0.3) is 0 Å². The number of benzene rings is 2. The van der Waals surface area contributed by atoms with Crippen LogP contribution in [-0.4, -0.2) is 36.4 Å². The second-order valence-corrected chi connectivity index (χ2v) is 7.91. The first-order valence-electron chi connectivity index (χ1n) is 10.0. The van der Waals surface area contributed by atoms with Crippen molar-refractivity contribution in [2.75, 3.05) is 25.0 Å². The topological polar surface area (TPSA) is 58.6 Å². The highest BCUT2D eigenvalue weighted by molar-refractivity contribution is 6.30. The number of rotatable bonds is 4. The highest BCUT2D eigenvalue weighted by Gasteiger charge is 2.26. The maximum atomic E-state index is 12.6. The summed E-state index contributed by atoms with van der Waals surface area (Å²) in [7, 11) is 0. The molecule has 6 heteroatoms. The quantitative estimate of drug-likeness (QED) is 0.735. The lowest BCUT2D eigenvalue weighted by molar-refractivity contribution is -0.130. The molecule has 30 heavy (non-hydrogen) atoms. The van der Waals surface area contributed by atoms with Gasteiger partial charge in [0.2, 0.25) is 11.8 Å². The SMILES string of the molecule is O=C(Nc1ccccc1)C1CCN(C(=O)/C=C/C2=Cc3cc(Cl)ccc3OC2)CC1. The molecule has 0 atom stereocenters. The molecule has 1 fully saturated rings. The second kappa shape index (κ2) is 9.18. The molecular weight excluding hydrogens is 400 g/mol. The van der Waals surface area contributed by atoms with E-state index in [9.17, 15) is 9.59 Å². The van der Waals surface area contributed by atoms with E-state index in [0.717, 1.165) is 22.6 Å². The predicted molar refractivity (Wildman–Crippen MR) is 118 cm³/mol. The molecule has 0 bridgehead atoms. The number of carbonyl (C=O) groups is 2. The van der Waals surface area contributed by atoms with Gasteiger partial charge >= 0.3 is 0 Å². The van der Waals surface area contributed by atoms with Crippen molar-refractivity contribution < 1.29 is 14.3 Å². The molecule has 1 N–H and O–H groups in total. The van der Waals surface area contributed by atoms with Crippen molar-refractivity contribution in [2.24, 2.45) is 5.92 Å². The summed E-state index contributed by atoms with van der Waals surface area (Å²) in [6.45, 7) is 1.56. The number of hydrogen-bond donors (Lipinski definition) is 1. The Morgan fingerprint density at radius 3 is 2.63 bits per heavy atom. The molecule has 0 aliphatic carbocycles. The number of fused-ring (bicyclic) bond motifs is 1. The van der Waals surface area contributed by atoms with Crippen LogP contribution in [0.4, 0.5) is 5.69 Å². The Morgan fingerprint density at radius 1 is 1.10 bits per heavy atom. The first-order valence-corrected chi connectivity index (χ1v) is 10.4. The van der Waals surface area contributed by atoms with Gasteiger partial charge in [0.15, 0.2) is 0 Å². The molecule has 1 saturated heterocycles. The number of likely N-dealkylation sites (tertiary alicyclic amines) is 1. The van der Waals surface area contributed by atoms with Gasteiger partial charge in [-0.2, -0.15) is 0 Å². The molecule has 2 aromatic carbocycles. The van der Waals surface area contributed by atoms with Crippen LogP contribution in [0.3, 0.4) is 0 Å². The standard InChI is InChI=1S/C24H23ClN2O3/c25-20-7-8-22-19(15-20)14-17(16-30-22)6-9-23(28)27-12-10-18(11-13-27)24(29)26-21-4-2-1-3-5-21/h1-9,14-15,18H,10-13,16H2,(H,26,29)/b9-6+. The summed E-state index contributed by atoms with van der Waals surface area (Å²) in [6.07, 6.45) is 6.68. The third kappa shape index (κ3) is 4.92. The minimum absolute atomic E-state index is 0.0191. The van der Waals surface area contributed by atoms with E-state index in [1.165, 1.54) is 0 Å². The summed E-state index contributed by atoms with van der Waals surface area (Å²) in [5.74, 6) is 0.688. The Bertz CT molecular complexity index is 993. The first-order chi connectivity index (χ1) is 14.6. The monoisotopic (exact) mass is 422 g/mol. The molecular formula is C24H23ClN2O3. The maximum absolute atomic E-state index is 12.6. The summed E-state index contributed by atoms with van der Waals surface area (Å²) in [5, 5.41) is 3.60. The van der Waals surface area contributed by atoms with Crippen molar-refractivity contribution in [3.8, 4) is 5.75 Å². The molecule has 0 radical (unpaired) electrons. The van der Waals surface area contributed by atoms with Gasteiger partial charge in [-0.1, -0.05) is 35.9 Å². The predicted octanol–water partition coefficient (Wildman–Crippen LogP) is 4.55. The maximum Gasteiger partial charge on any atom is 0.246 e. The van der Waals surface area contributed by atoms with Crippen molar-refractivity contribution in [1.29, 1.82) is 0 Å². The summed E-state index contributed by atoms with van der Waals surface area (Å²) in [4.78, 5) is 26.8. The molecule has 2 amide bonds. The van der Waals surface area contributed by atoms with Crippen LogP contribution in [0.25, 0.3) is 6.08 Å². The van der Waals surface area contributed by atoms with Crippen LogP contribution < -0.4 is 10.1 Å². The number of halogens is 1. The number of anilines is 1. The van der Waals surface area contributed by atoms with Crippen LogP contribution in [0.15, 0.2) is 66.3 Å². The Balaban J connectivity index is 1.30. The van der Waals surface area contributed by atoms with Gasteiger partial charge in [0, 0.05) is 41.4 Å². The fourth-order valence-corrected chi connectivity index (χ4v) is 3.85. The molecule has 0 saturated carbocycles. The molecule has 0 unspecified atom stereocenters. The number of piperidine rings is 1. The van der Waals surface area contributed by atoms with Gasteiger partial charge in [-0.15, -0.1) is 0 Å². The Hall–Kier alpha value is -3.05. The number of nitrogens with zero attached hydrogens (tertiary/aromatic N) is 1. The van der Waals surface area contributed by atoms with Crippen LogP contribution in [0.5, 0.6) is 5.75 Å². The molecule has 0 spiro atoms. The van der Waals surface area contributed by atoms with Crippen LogP contribution in [0.1, 0.15) is 18.4 Å². The lowest BCUT2D eigenvalue weighted by Crippen LogP contribution is -2.40. The molecule has 4 rings (SSSR count). The fourth-order valence-electron chi connectivity index (χ4n) is 3.67. The average molecular weight is 423 g/mol. The smallest absolute Gasteiger partial charge is 0.246 e. The number of carbonyl (C=O) groups excluding carboxylic acids is 2. The lowest BCUT2D eigenvalue weighted by atomic mass is 9.95. The van der Waals surface area contributed by atoms with E-state index in [1.807, 2.05) is 48.5 Å². The van der Waals surface area contributed by atoms with Crippen molar-refractivity contribution in [1.82, 2.24) is 4.90 Å². The van der Waals surface area contributed by atoms with E-state index in [-0.39, 0.29) is 17.7 Å². The Labute approximate surface area is 181 Å². The average Bonchev–Trinajstić information content (AvgIpc) is 2.78. The summed E-state index contributed by atoms with van der Waals surface area (Å²) in [5.41, 5.74) is 2.62. The van der Waals surface area contributed by atoms with Crippen molar-refractivity contribution >= 4 is 35.2 Å². The number of nitrogens with one attached hydrogen (secondary N) is 1. The van der Waals surface area contributed by atoms with Crippen molar-refractivity contribution in [2.45, 2.75) is 12.8 Å². The van der Waals surface area contributed by atoms with Crippen molar-refractivity contribution in [3.63, 3.8) is 0 Å². The third-order valence-corrected chi connectivity index (χ3v) is 5.60. The van der Waals surface area contributed by atoms with Gasteiger partial charge in [-0.05, 0) is 54.8 Å². The normalized spacial score (nSPS) is 16.6. The Kier molecular flexibility index (Phi) is 6.19. The molecule has 0 aromatic heterocycles. The lowest BCUT2D eigenvalue weighted by Gasteiger charge is -2.30. The van der Waals surface area contributed by atoms with E-state index in [0.29, 0.717) is 37.6 Å². The molecule has 5 nitrogen and oxygen atoms in total. The summed E-state index contributed by atoms with van der Waals surface area (Å²) < 4.78 is 5.71. The molecule has 2 aliphatic heterocycles. The van der Waals surface area contributed by atoms with E-state index in [4.69, 9.17) is 16.3 Å². The van der Waals surface area contributed by atoms with Gasteiger partial charge in [-0.3, -0.25) is 9.59 Å². The van der Waals surface area contributed by atoms with E-state index in [1.54, 1.807) is 23.1 Å². The van der Waals surface area contributed by atoms with E-state index in [2.05, 4.69) is 5.32 Å². The number of para-hydroxylation sites is 1. The van der Waals surface area contributed by atoms with Crippen LogP contribution in [0.2, 0.25) is 5.02 Å². The molecule has 2 heterocycles. The van der Waals surface area contributed by atoms with E-state index >= 15 is 0 Å². The van der Waals surface area contributed by atoms with Crippen molar-refractivity contribution in [3.05, 3.63) is 76.8 Å². The molecule has 2 aliphatic rings. The number of hydrogen-bond acceptors (Lipinski definition) is 3. The van der Waals surface area contributed by atoms with Crippen LogP contribution in [-0.2, 0) is 9.59 Å². The zero-order chi connectivity index (χ0) is 20.9. The number of amides is 2. The van der Waals surface area contributed by atoms with Crippen LogP contribution >= 0.6 is 11.6 Å². The minimum atomic E-state index is -0.0751. The van der Waals surface area contributed by atoms with Crippen LogP contribution in [0, 0.1) is 5.92 Å². The molecule has 154 valence electrons. The van der Waals surface area contributed by atoms with E-state index < -0.39 is 0 Å². The van der Waals surface area contributed by atoms with Gasteiger partial charge < -0.3 is 15.0 Å². The molecule has 2 aromatic rings. The zero-order valence-electron chi connectivity index (χ0n) is 16.5. The second-order valence-electron chi connectivity index (χ2n) is 7.48. The van der Waals surface area contributed by atoms with Gasteiger partial charge in [0.1, 0.15) is 12.4 Å². The number of ether oxygens (including phenoxy) is 1. The minimum Gasteiger partial charge on any atom is -0.488 e. The first kappa shape index (κ1) is 20.2. The van der Waals surface area contributed by atoms with Gasteiger partial charge in [0.05, 0.1) is 0 Å². The highest BCUT2D eigenvalue weighted by atomic mass is 35.5. The zero-order valence-corrected chi connectivity index (χ0v) is 17.3. The fraction of sp³-hybridized carbons (Fsp3) is 0.250. The highest BCUT2D eigenvalue weighted by Crippen LogP contribution is 2.29. The summed E-state index contributed by atoms with van der Waals surface area (Å²) in [6, 6.07) is 14.9.